The number of pyridine rings is 1. The summed E-state index contributed by atoms with van der Waals surface area (Å²) in [5.74, 6) is 0.286. The molecule has 1 N–H and O–H groups in total. The second-order valence-corrected chi connectivity index (χ2v) is 7.49. The fourth-order valence-electron chi connectivity index (χ4n) is 3.57. The van der Waals surface area contributed by atoms with Crippen LogP contribution in [0.3, 0.4) is 0 Å². The van der Waals surface area contributed by atoms with Crippen molar-refractivity contribution in [1.29, 1.82) is 0 Å². The van der Waals surface area contributed by atoms with E-state index in [4.69, 9.17) is 4.74 Å². The Labute approximate surface area is 183 Å². The molecule has 2 aromatic heterocycles. The lowest BCUT2D eigenvalue weighted by molar-refractivity contribution is -0.0498. The molecule has 32 heavy (non-hydrogen) atoms. The molecule has 4 rings (SSSR count). The van der Waals surface area contributed by atoms with E-state index in [9.17, 15) is 13.2 Å². The Hall–Kier alpha value is -3.40. The van der Waals surface area contributed by atoms with Crippen LogP contribution >= 0.6 is 0 Å². The smallest absolute Gasteiger partial charge is 0.387 e. The molecule has 0 aliphatic carbocycles. The van der Waals surface area contributed by atoms with Gasteiger partial charge in [0.2, 0.25) is 11.9 Å². The summed E-state index contributed by atoms with van der Waals surface area (Å²) in [6.07, 6.45) is 3.07. The van der Waals surface area contributed by atoms with Crippen LogP contribution in [0.2, 0.25) is 0 Å². The fraction of sp³-hybridized carbons (Fsp3) is 0.318. The Morgan fingerprint density at radius 1 is 1.06 bits per heavy atom. The van der Waals surface area contributed by atoms with Gasteiger partial charge in [-0.05, 0) is 43.7 Å². The largest absolute Gasteiger partial charge is 0.435 e. The zero-order valence-corrected chi connectivity index (χ0v) is 17.5. The molecule has 0 spiro atoms. The van der Waals surface area contributed by atoms with Crippen molar-refractivity contribution in [1.82, 2.24) is 15.0 Å². The van der Waals surface area contributed by atoms with Crippen LogP contribution in [0.25, 0.3) is 11.1 Å². The SMILES string of the molecule is C[C@H]1CN(c2nccc(Nc3cc(-c4ccc(OC(F)F)cc4)cnc3F)n2)C[C@H](C)O1. The fourth-order valence-corrected chi connectivity index (χ4v) is 3.57. The summed E-state index contributed by atoms with van der Waals surface area (Å²) in [6, 6.07) is 9.24. The van der Waals surface area contributed by atoms with Gasteiger partial charge in [0.05, 0.1) is 17.9 Å². The van der Waals surface area contributed by atoms with Crippen LogP contribution < -0.4 is 15.0 Å². The van der Waals surface area contributed by atoms with Crippen molar-refractivity contribution in [3.05, 3.63) is 54.7 Å². The van der Waals surface area contributed by atoms with Gasteiger partial charge in [0, 0.05) is 31.0 Å². The lowest BCUT2D eigenvalue weighted by Gasteiger charge is -2.35. The van der Waals surface area contributed by atoms with Gasteiger partial charge in [0.1, 0.15) is 11.6 Å². The number of aromatic nitrogens is 3. The van der Waals surface area contributed by atoms with Crippen molar-refractivity contribution in [2.24, 2.45) is 0 Å². The highest BCUT2D eigenvalue weighted by Crippen LogP contribution is 2.28. The summed E-state index contributed by atoms with van der Waals surface area (Å²) in [7, 11) is 0. The summed E-state index contributed by atoms with van der Waals surface area (Å²) < 4.78 is 49.2. The highest BCUT2D eigenvalue weighted by atomic mass is 19.3. The van der Waals surface area contributed by atoms with E-state index in [1.807, 2.05) is 18.7 Å². The third kappa shape index (κ3) is 5.25. The molecule has 2 atom stereocenters. The van der Waals surface area contributed by atoms with Crippen molar-refractivity contribution in [3.8, 4) is 16.9 Å². The molecule has 1 saturated heterocycles. The molecule has 1 aromatic carbocycles. The molecule has 0 bridgehead atoms. The van der Waals surface area contributed by atoms with Gasteiger partial charge >= 0.3 is 6.61 Å². The zero-order chi connectivity index (χ0) is 22.7. The van der Waals surface area contributed by atoms with Crippen LogP contribution in [0.15, 0.2) is 48.8 Å². The van der Waals surface area contributed by atoms with Crippen LogP contribution in [0, 0.1) is 5.95 Å². The van der Waals surface area contributed by atoms with Gasteiger partial charge in [0.15, 0.2) is 0 Å². The van der Waals surface area contributed by atoms with Crippen LogP contribution in [-0.4, -0.2) is 46.9 Å². The van der Waals surface area contributed by atoms with E-state index in [0.29, 0.717) is 36.0 Å². The molecule has 0 amide bonds. The van der Waals surface area contributed by atoms with Crippen molar-refractivity contribution < 1.29 is 22.6 Å². The summed E-state index contributed by atoms with van der Waals surface area (Å²) in [5, 5.41) is 2.95. The number of hydrogen-bond acceptors (Lipinski definition) is 7. The predicted octanol–water partition coefficient (Wildman–Crippen LogP) is 4.64. The number of halogens is 3. The number of ether oxygens (including phenoxy) is 2. The third-order valence-electron chi connectivity index (χ3n) is 4.86. The molecule has 0 saturated carbocycles. The van der Waals surface area contributed by atoms with Gasteiger partial charge in [-0.25, -0.2) is 9.97 Å². The normalized spacial score (nSPS) is 18.6. The third-order valence-corrected chi connectivity index (χ3v) is 4.86. The Morgan fingerprint density at radius 3 is 2.47 bits per heavy atom. The average Bonchev–Trinajstić information content (AvgIpc) is 2.75. The van der Waals surface area contributed by atoms with Gasteiger partial charge in [0.25, 0.3) is 0 Å². The summed E-state index contributed by atoms with van der Waals surface area (Å²) in [4.78, 5) is 14.7. The van der Waals surface area contributed by atoms with Crippen LogP contribution in [-0.2, 0) is 4.74 Å². The summed E-state index contributed by atoms with van der Waals surface area (Å²) in [6.45, 7) is 2.40. The van der Waals surface area contributed by atoms with E-state index in [0.717, 1.165) is 0 Å². The van der Waals surface area contributed by atoms with Crippen LogP contribution in [0.1, 0.15) is 13.8 Å². The number of hydrogen-bond donors (Lipinski definition) is 1. The number of morpholine rings is 1. The monoisotopic (exact) mass is 445 g/mol. The van der Waals surface area contributed by atoms with Crippen molar-refractivity contribution in [3.63, 3.8) is 0 Å². The lowest BCUT2D eigenvalue weighted by atomic mass is 10.1. The first-order chi connectivity index (χ1) is 15.4. The molecule has 0 radical (unpaired) electrons. The van der Waals surface area contributed by atoms with Gasteiger partial charge in [-0.2, -0.15) is 18.2 Å². The van der Waals surface area contributed by atoms with E-state index in [1.54, 1.807) is 30.5 Å². The minimum Gasteiger partial charge on any atom is -0.435 e. The van der Waals surface area contributed by atoms with Crippen LogP contribution in [0.5, 0.6) is 5.75 Å². The molecule has 1 aliphatic heterocycles. The highest BCUT2D eigenvalue weighted by molar-refractivity contribution is 5.69. The predicted molar refractivity (Wildman–Crippen MR) is 114 cm³/mol. The van der Waals surface area contributed by atoms with Gasteiger partial charge < -0.3 is 19.7 Å². The molecule has 7 nitrogen and oxygen atoms in total. The molecule has 1 aliphatic rings. The first-order valence-electron chi connectivity index (χ1n) is 10.1. The molecule has 168 valence electrons. The van der Waals surface area contributed by atoms with Crippen molar-refractivity contribution in [2.75, 3.05) is 23.3 Å². The minimum absolute atomic E-state index is 0.0393. The molecule has 0 unspecified atom stereocenters. The van der Waals surface area contributed by atoms with Gasteiger partial charge in [-0.3, -0.25) is 0 Å². The Bertz CT molecular complexity index is 1060. The Morgan fingerprint density at radius 2 is 1.78 bits per heavy atom. The maximum absolute atomic E-state index is 14.4. The Balaban J connectivity index is 1.54. The van der Waals surface area contributed by atoms with E-state index < -0.39 is 12.6 Å². The Kier molecular flexibility index (Phi) is 6.40. The molecule has 3 aromatic rings. The second kappa shape index (κ2) is 9.39. The van der Waals surface area contributed by atoms with E-state index in [-0.39, 0.29) is 23.6 Å². The van der Waals surface area contributed by atoms with Gasteiger partial charge in [-0.1, -0.05) is 12.1 Å². The summed E-state index contributed by atoms with van der Waals surface area (Å²) in [5.41, 5.74) is 1.40. The van der Waals surface area contributed by atoms with E-state index in [1.165, 1.54) is 18.3 Å². The number of anilines is 3. The van der Waals surface area contributed by atoms with E-state index in [2.05, 4.69) is 25.0 Å². The molecule has 1 fully saturated rings. The number of benzene rings is 1. The number of alkyl halides is 2. The minimum atomic E-state index is -2.90. The molecular formula is C22H22F3N5O2. The molecular weight excluding hydrogens is 423 g/mol. The highest BCUT2D eigenvalue weighted by Gasteiger charge is 2.24. The summed E-state index contributed by atoms with van der Waals surface area (Å²) >= 11 is 0. The molecule has 3 heterocycles. The molecule has 10 heteroatoms. The zero-order valence-electron chi connectivity index (χ0n) is 17.5. The van der Waals surface area contributed by atoms with Gasteiger partial charge in [-0.15, -0.1) is 0 Å². The maximum atomic E-state index is 14.4. The van der Waals surface area contributed by atoms with Crippen molar-refractivity contribution in [2.45, 2.75) is 32.7 Å². The first-order valence-corrected chi connectivity index (χ1v) is 10.1. The topological polar surface area (TPSA) is 72.4 Å². The lowest BCUT2D eigenvalue weighted by Crippen LogP contribution is -2.46. The quantitative estimate of drug-likeness (QED) is 0.555. The van der Waals surface area contributed by atoms with Crippen molar-refractivity contribution >= 4 is 17.5 Å². The first kappa shape index (κ1) is 21.8. The number of rotatable bonds is 6. The maximum Gasteiger partial charge on any atom is 0.387 e. The second-order valence-electron chi connectivity index (χ2n) is 7.49. The van der Waals surface area contributed by atoms with Crippen LogP contribution in [0.4, 0.5) is 30.6 Å². The average molecular weight is 445 g/mol. The standard InChI is InChI=1S/C22H22F3N5O2/c1-13-11-30(12-14(2)31-13)22-26-8-7-19(29-22)28-18-9-16(10-27-20(18)23)15-3-5-17(6-4-15)32-21(24)25/h3-10,13-14,21H,11-12H2,1-2H3,(H,26,28,29)/t13-,14-/m0/s1. The number of nitrogens with one attached hydrogen (secondary N) is 1. The number of nitrogens with zero attached hydrogens (tertiary/aromatic N) is 4. The van der Waals surface area contributed by atoms with E-state index >= 15 is 0 Å².